The summed E-state index contributed by atoms with van der Waals surface area (Å²) in [6.07, 6.45) is -0.665. The zero-order valence-corrected chi connectivity index (χ0v) is 15.2. The zero-order chi connectivity index (χ0) is 18.1. The number of anilines is 1. The Labute approximate surface area is 145 Å². The van der Waals surface area contributed by atoms with Crippen LogP contribution in [0.4, 0.5) is 9.80 Å². The van der Waals surface area contributed by atoms with Gasteiger partial charge in [-0.1, -0.05) is 29.8 Å². The predicted molar refractivity (Wildman–Crippen MR) is 96.0 cm³/mol. The highest BCUT2D eigenvalue weighted by Gasteiger charge is 2.25. The molecule has 1 heterocycles. The number of thiophene rings is 1. The third-order valence-corrected chi connectivity index (χ3v) is 4.27. The van der Waals surface area contributed by atoms with Crippen molar-refractivity contribution < 1.29 is 19.4 Å². The fourth-order valence-electron chi connectivity index (χ4n) is 2.30. The lowest BCUT2D eigenvalue weighted by Crippen LogP contribution is -2.27. The molecule has 2 aromatic rings. The van der Waals surface area contributed by atoms with E-state index in [2.05, 4.69) is 5.32 Å². The van der Waals surface area contributed by atoms with Crippen molar-refractivity contribution in [2.24, 2.45) is 0 Å². The summed E-state index contributed by atoms with van der Waals surface area (Å²) in [5.74, 6) is -1.08. The molecule has 128 valence electrons. The number of carbonyl (C=O) groups excluding carboxylic acids is 1. The number of rotatable bonds is 3. The van der Waals surface area contributed by atoms with Gasteiger partial charge >= 0.3 is 12.1 Å². The Hall–Kier alpha value is -2.34. The summed E-state index contributed by atoms with van der Waals surface area (Å²) in [6.45, 7) is 9.07. The Bertz CT molecular complexity index is 770. The van der Waals surface area contributed by atoms with E-state index in [1.54, 1.807) is 20.8 Å². The Kier molecular flexibility index (Phi) is 4.99. The molecule has 5 nitrogen and oxygen atoms in total. The average Bonchev–Trinajstić information content (AvgIpc) is 2.73. The molecule has 1 aromatic heterocycles. The van der Waals surface area contributed by atoms with Gasteiger partial charge in [0.1, 0.15) is 16.2 Å². The van der Waals surface area contributed by atoms with E-state index in [1.807, 2.05) is 38.1 Å². The molecule has 0 aliphatic heterocycles. The van der Waals surface area contributed by atoms with Crippen LogP contribution in [0, 0.1) is 13.8 Å². The van der Waals surface area contributed by atoms with Crippen molar-refractivity contribution in [2.75, 3.05) is 5.32 Å². The number of carboxylic acids is 1. The van der Waals surface area contributed by atoms with Crippen molar-refractivity contribution >= 4 is 28.4 Å². The van der Waals surface area contributed by atoms with Crippen LogP contribution in [0.15, 0.2) is 24.3 Å². The van der Waals surface area contributed by atoms with E-state index in [9.17, 15) is 14.7 Å². The number of aryl methyl sites for hydroxylation is 2. The molecule has 0 saturated heterocycles. The van der Waals surface area contributed by atoms with E-state index in [4.69, 9.17) is 4.74 Å². The summed E-state index contributed by atoms with van der Waals surface area (Å²) in [4.78, 5) is 24.6. The minimum absolute atomic E-state index is 0.0900. The van der Waals surface area contributed by atoms with Gasteiger partial charge in [-0.2, -0.15) is 0 Å². The molecule has 0 radical (unpaired) electrons. The van der Waals surface area contributed by atoms with Gasteiger partial charge in [0, 0.05) is 10.4 Å². The number of nitrogens with one attached hydrogen (secondary N) is 1. The molecule has 0 aliphatic rings. The van der Waals surface area contributed by atoms with Crippen LogP contribution < -0.4 is 5.32 Å². The lowest BCUT2D eigenvalue weighted by atomic mass is 10.0. The average molecular weight is 347 g/mol. The van der Waals surface area contributed by atoms with Crippen molar-refractivity contribution in [1.29, 1.82) is 0 Å². The number of carbonyl (C=O) groups is 2. The van der Waals surface area contributed by atoms with Gasteiger partial charge in [0.25, 0.3) is 0 Å². The maximum Gasteiger partial charge on any atom is 0.412 e. The van der Waals surface area contributed by atoms with Crippen LogP contribution in [0.25, 0.3) is 11.1 Å². The van der Waals surface area contributed by atoms with Gasteiger partial charge in [-0.15, -0.1) is 11.3 Å². The molecule has 6 heteroatoms. The highest BCUT2D eigenvalue weighted by atomic mass is 32.1. The van der Waals surface area contributed by atoms with Gasteiger partial charge < -0.3 is 9.84 Å². The molecule has 2 N–H and O–H groups in total. The van der Waals surface area contributed by atoms with Crippen molar-refractivity contribution in [3.8, 4) is 11.1 Å². The Balaban J connectivity index is 2.44. The third kappa shape index (κ3) is 4.14. The van der Waals surface area contributed by atoms with Crippen LogP contribution in [0.2, 0.25) is 0 Å². The van der Waals surface area contributed by atoms with Crippen molar-refractivity contribution in [1.82, 2.24) is 0 Å². The smallest absolute Gasteiger partial charge is 0.412 e. The van der Waals surface area contributed by atoms with Crippen molar-refractivity contribution in [3.63, 3.8) is 0 Å². The first-order chi connectivity index (χ1) is 11.1. The number of carboxylic acid groups (broad SMARTS) is 1. The van der Waals surface area contributed by atoms with E-state index in [0.717, 1.165) is 16.0 Å². The predicted octanol–water partition coefficient (Wildman–Crippen LogP) is 5.08. The molecule has 0 aliphatic carbocycles. The molecule has 24 heavy (non-hydrogen) atoms. The second-order valence-electron chi connectivity index (χ2n) is 6.54. The van der Waals surface area contributed by atoms with Crippen LogP contribution >= 0.6 is 11.3 Å². The topological polar surface area (TPSA) is 75.6 Å². The number of amides is 1. The number of hydrogen-bond donors (Lipinski definition) is 2. The van der Waals surface area contributed by atoms with Gasteiger partial charge in [-0.05, 0) is 40.2 Å². The number of hydrogen-bond acceptors (Lipinski definition) is 4. The minimum Gasteiger partial charge on any atom is -0.478 e. The normalized spacial score (nSPS) is 11.2. The summed E-state index contributed by atoms with van der Waals surface area (Å²) in [7, 11) is 0. The Morgan fingerprint density at radius 3 is 2.21 bits per heavy atom. The summed E-state index contributed by atoms with van der Waals surface area (Å²) < 4.78 is 5.21. The van der Waals surface area contributed by atoms with E-state index >= 15 is 0 Å². The molecule has 0 saturated carbocycles. The van der Waals surface area contributed by atoms with E-state index in [0.29, 0.717) is 5.56 Å². The lowest BCUT2D eigenvalue weighted by molar-refractivity contribution is 0.0636. The molecule has 0 bridgehead atoms. The van der Waals surface area contributed by atoms with Gasteiger partial charge in [0.2, 0.25) is 0 Å². The van der Waals surface area contributed by atoms with Crippen molar-refractivity contribution in [3.05, 3.63) is 40.3 Å². The maximum atomic E-state index is 12.0. The molecule has 2 rings (SSSR count). The van der Waals surface area contributed by atoms with Gasteiger partial charge in [0.05, 0.1) is 0 Å². The van der Waals surface area contributed by atoms with Gasteiger partial charge in [-0.3, -0.25) is 5.32 Å². The van der Waals surface area contributed by atoms with Crippen LogP contribution in [0.1, 0.15) is 41.6 Å². The molecule has 0 unspecified atom stereocenters. The minimum atomic E-state index is -1.08. The molecular weight excluding hydrogens is 326 g/mol. The first-order valence-corrected chi connectivity index (χ1v) is 8.34. The second kappa shape index (κ2) is 6.65. The summed E-state index contributed by atoms with van der Waals surface area (Å²) >= 11 is 1.23. The number of aromatic carboxylic acids is 1. The van der Waals surface area contributed by atoms with E-state index < -0.39 is 17.7 Å². The van der Waals surface area contributed by atoms with Crippen molar-refractivity contribution in [2.45, 2.75) is 40.2 Å². The standard InChI is InChI=1S/C18H21NO4S/c1-10-6-8-12(9-7-10)13-11(2)24-15(14(13)16(20)21)19-17(22)23-18(3,4)5/h6-9H,1-5H3,(H,19,22)(H,20,21). The molecule has 0 spiro atoms. The van der Waals surface area contributed by atoms with Crippen LogP contribution in [-0.2, 0) is 4.74 Å². The largest absolute Gasteiger partial charge is 0.478 e. The summed E-state index contributed by atoms with van der Waals surface area (Å²) in [6, 6.07) is 7.63. The number of ether oxygens (including phenoxy) is 1. The second-order valence-corrected chi connectivity index (χ2v) is 7.76. The number of benzene rings is 1. The van der Waals surface area contributed by atoms with E-state index in [1.165, 1.54) is 11.3 Å². The lowest BCUT2D eigenvalue weighted by Gasteiger charge is -2.19. The van der Waals surface area contributed by atoms with Crippen LogP contribution in [0.5, 0.6) is 0 Å². The maximum absolute atomic E-state index is 12.0. The third-order valence-electron chi connectivity index (χ3n) is 3.25. The Morgan fingerprint density at radius 2 is 1.71 bits per heavy atom. The highest BCUT2D eigenvalue weighted by Crippen LogP contribution is 2.40. The SMILES string of the molecule is Cc1ccc(-c2c(C)sc(NC(=O)OC(C)(C)C)c2C(=O)O)cc1. The summed E-state index contributed by atoms with van der Waals surface area (Å²) in [5, 5.41) is 12.5. The molecule has 0 fully saturated rings. The zero-order valence-electron chi connectivity index (χ0n) is 14.4. The molecule has 0 atom stereocenters. The molecular formula is C18H21NO4S. The van der Waals surface area contributed by atoms with Gasteiger partial charge in [-0.25, -0.2) is 9.59 Å². The monoisotopic (exact) mass is 347 g/mol. The van der Waals surface area contributed by atoms with Gasteiger partial charge in [0.15, 0.2) is 0 Å². The van der Waals surface area contributed by atoms with Crippen LogP contribution in [-0.4, -0.2) is 22.8 Å². The fraction of sp³-hybridized carbons (Fsp3) is 0.333. The molecule has 1 amide bonds. The molecule has 1 aromatic carbocycles. The first-order valence-electron chi connectivity index (χ1n) is 7.52. The highest BCUT2D eigenvalue weighted by molar-refractivity contribution is 7.17. The van der Waals surface area contributed by atoms with Crippen LogP contribution in [0.3, 0.4) is 0 Å². The fourth-order valence-corrected chi connectivity index (χ4v) is 3.35. The quantitative estimate of drug-likeness (QED) is 0.812. The summed E-state index contributed by atoms with van der Waals surface area (Å²) in [5.41, 5.74) is 1.96. The Morgan fingerprint density at radius 1 is 1.12 bits per heavy atom. The first kappa shape index (κ1) is 18.0. The van der Waals surface area contributed by atoms with E-state index in [-0.39, 0.29) is 10.6 Å².